The lowest BCUT2D eigenvalue weighted by Crippen LogP contribution is -2.31. The Morgan fingerprint density at radius 2 is 1.87 bits per heavy atom. The van der Waals surface area contributed by atoms with Gasteiger partial charge in [0.2, 0.25) is 5.91 Å². The summed E-state index contributed by atoms with van der Waals surface area (Å²) >= 11 is 0. The number of halogens is 2. The van der Waals surface area contributed by atoms with Gasteiger partial charge in [-0.25, -0.2) is 9.07 Å². The number of nitrogens with zero attached hydrogens (tertiary/aromatic N) is 2. The van der Waals surface area contributed by atoms with Crippen molar-refractivity contribution in [2.24, 2.45) is 11.7 Å². The van der Waals surface area contributed by atoms with E-state index < -0.39 is 0 Å². The maximum atomic E-state index is 13.4. The number of hydrogen-bond donors (Lipinski definition) is 2. The second-order valence-corrected chi connectivity index (χ2v) is 7.63. The van der Waals surface area contributed by atoms with Crippen LogP contribution in [0.5, 0.6) is 0 Å². The van der Waals surface area contributed by atoms with Crippen molar-refractivity contribution in [3.63, 3.8) is 0 Å². The summed E-state index contributed by atoms with van der Waals surface area (Å²) in [5, 5.41) is 7.71. The molecule has 158 valence electrons. The first kappa shape index (κ1) is 22.0. The molecule has 0 saturated heterocycles. The molecule has 30 heavy (non-hydrogen) atoms. The number of carbonyl (C=O) groups excluding carboxylic acids is 1. The number of para-hydroxylation sites is 1. The lowest BCUT2D eigenvalue weighted by Gasteiger charge is -2.14. The fraction of sp³-hybridized carbons (Fsp3) is 0.304. The van der Waals surface area contributed by atoms with Crippen molar-refractivity contribution in [3.05, 3.63) is 72.2 Å². The van der Waals surface area contributed by atoms with Crippen molar-refractivity contribution in [2.45, 2.75) is 38.3 Å². The average Bonchev–Trinajstić information content (AvgIpc) is 3.34. The SMILES string of the molecule is Cl.N[C@@H]1CCC[C@H]1CC(=O)NCc1cn(-c2ccccc2)nc1-c1ccc(F)cc1. The number of nitrogens with two attached hydrogens (primary N) is 1. The Morgan fingerprint density at radius 3 is 2.53 bits per heavy atom. The molecule has 1 fully saturated rings. The molecule has 1 heterocycles. The highest BCUT2D eigenvalue weighted by Gasteiger charge is 2.26. The average molecular weight is 429 g/mol. The molecule has 1 aliphatic rings. The van der Waals surface area contributed by atoms with E-state index in [9.17, 15) is 9.18 Å². The fourth-order valence-electron chi connectivity index (χ4n) is 3.93. The standard InChI is InChI=1S/C23H25FN4O.ClH/c24-19-11-9-16(10-12-19)23-18(15-28(27-23)20-6-2-1-3-7-20)14-26-22(29)13-17-5-4-8-21(17)25;/h1-3,6-7,9-12,15,17,21H,4-5,8,13-14,25H2,(H,26,29);1H/t17-,21+;/m0./s1. The molecule has 3 N–H and O–H groups in total. The van der Waals surface area contributed by atoms with Crippen molar-refractivity contribution in [1.82, 2.24) is 15.1 Å². The Balaban J connectivity index is 0.00000256. The molecule has 5 nitrogen and oxygen atoms in total. The van der Waals surface area contributed by atoms with E-state index in [1.165, 1.54) is 12.1 Å². The van der Waals surface area contributed by atoms with Gasteiger partial charge in [-0.1, -0.05) is 24.6 Å². The van der Waals surface area contributed by atoms with Crippen LogP contribution in [-0.2, 0) is 11.3 Å². The maximum Gasteiger partial charge on any atom is 0.220 e. The molecule has 7 heteroatoms. The van der Waals surface area contributed by atoms with E-state index in [0.29, 0.717) is 13.0 Å². The minimum absolute atomic E-state index is 0. The van der Waals surface area contributed by atoms with Gasteiger partial charge in [-0.05, 0) is 55.2 Å². The summed E-state index contributed by atoms with van der Waals surface area (Å²) in [5.74, 6) is -0.0255. The normalized spacial score (nSPS) is 18.1. The largest absolute Gasteiger partial charge is 0.352 e. The van der Waals surface area contributed by atoms with Crippen LogP contribution in [0.3, 0.4) is 0 Å². The predicted octanol–water partition coefficient (Wildman–Crippen LogP) is 4.23. The Kier molecular flexibility index (Phi) is 7.24. The van der Waals surface area contributed by atoms with E-state index in [2.05, 4.69) is 5.32 Å². The smallest absolute Gasteiger partial charge is 0.220 e. The number of benzene rings is 2. The van der Waals surface area contributed by atoms with Crippen LogP contribution in [0.4, 0.5) is 4.39 Å². The zero-order valence-electron chi connectivity index (χ0n) is 16.6. The monoisotopic (exact) mass is 428 g/mol. The number of aromatic nitrogens is 2. The zero-order valence-corrected chi connectivity index (χ0v) is 17.4. The molecule has 2 aromatic carbocycles. The molecule has 1 aliphatic carbocycles. The molecule has 3 aromatic rings. The van der Waals surface area contributed by atoms with E-state index in [-0.39, 0.29) is 36.1 Å². The molecule has 0 unspecified atom stereocenters. The van der Waals surface area contributed by atoms with Gasteiger partial charge in [0.05, 0.1) is 11.4 Å². The van der Waals surface area contributed by atoms with Gasteiger partial charge in [-0.2, -0.15) is 5.10 Å². The van der Waals surface area contributed by atoms with Gasteiger partial charge < -0.3 is 11.1 Å². The molecule has 1 amide bonds. The van der Waals surface area contributed by atoms with Crippen LogP contribution in [-0.4, -0.2) is 21.7 Å². The fourth-order valence-corrected chi connectivity index (χ4v) is 3.93. The highest BCUT2D eigenvalue weighted by molar-refractivity contribution is 5.85. The van der Waals surface area contributed by atoms with Gasteiger partial charge in [0.1, 0.15) is 5.82 Å². The molecule has 1 aromatic heterocycles. The summed E-state index contributed by atoms with van der Waals surface area (Å²) in [4.78, 5) is 12.4. The summed E-state index contributed by atoms with van der Waals surface area (Å²) in [5.41, 5.74) is 9.43. The zero-order chi connectivity index (χ0) is 20.2. The predicted molar refractivity (Wildman–Crippen MR) is 118 cm³/mol. The van der Waals surface area contributed by atoms with E-state index in [1.54, 1.807) is 16.8 Å². The molecule has 4 rings (SSSR count). The van der Waals surface area contributed by atoms with Gasteiger partial charge >= 0.3 is 0 Å². The quantitative estimate of drug-likeness (QED) is 0.617. The molecule has 0 bridgehead atoms. The number of amides is 1. The first-order valence-electron chi connectivity index (χ1n) is 10.0. The lowest BCUT2D eigenvalue weighted by atomic mass is 10.00. The molecule has 0 radical (unpaired) electrons. The van der Waals surface area contributed by atoms with Crippen molar-refractivity contribution >= 4 is 18.3 Å². The molecule has 2 atom stereocenters. The van der Waals surface area contributed by atoms with Crippen LogP contribution < -0.4 is 11.1 Å². The highest BCUT2D eigenvalue weighted by Crippen LogP contribution is 2.27. The Labute approximate surface area is 181 Å². The van der Waals surface area contributed by atoms with Crippen molar-refractivity contribution in [3.8, 4) is 16.9 Å². The lowest BCUT2D eigenvalue weighted by molar-refractivity contribution is -0.122. The Morgan fingerprint density at radius 1 is 1.13 bits per heavy atom. The van der Waals surface area contributed by atoms with Crippen LogP contribution in [0.2, 0.25) is 0 Å². The molecule has 0 spiro atoms. The van der Waals surface area contributed by atoms with Crippen LogP contribution in [0.1, 0.15) is 31.2 Å². The highest BCUT2D eigenvalue weighted by atomic mass is 35.5. The van der Waals surface area contributed by atoms with Crippen LogP contribution >= 0.6 is 12.4 Å². The van der Waals surface area contributed by atoms with E-state index in [1.807, 2.05) is 36.5 Å². The van der Waals surface area contributed by atoms with E-state index in [4.69, 9.17) is 10.8 Å². The second-order valence-electron chi connectivity index (χ2n) is 7.63. The summed E-state index contributed by atoms with van der Waals surface area (Å²) in [7, 11) is 0. The molecule has 1 saturated carbocycles. The topological polar surface area (TPSA) is 72.9 Å². The number of carbonyl (C=O) groups is 1. The molecular weight excluding hydrogens is 403 g/mol. The maximum absolute atomic E-state index is 13.4. The third-order valence-electron chi connectivity index (χ3n) is 5.57. The van der Waals surface area contributed by atoms with Gasteiger partial charge in [0, 0.05) is 36.3 Å². The molecule has 0 aliphatic heterocycles. The second kappa shape index (κ2) is 9.87. The molecular formula is C23H26ClFN4O. The van der Waals surface area contributed by atoms with Crippen molar-refractivity contribution in [1.29, 1.82) is 0 Å². The summed E-state index contributed by atoms with van der Waals surface area (Å²) in [6.07, 6.45) is 5.48. The number of hydrogen-bond acceptors (Lipinski definition) is 3. The minimum Gasteiger partial charge on any atom is -0.352 e. The van der Waals surface area contributed by atoms with Crippen LogP contribution in [0.15, 0.2) is 60.8 Å². The first-order valence-corrected chi connectivity index (χ1v) is 10.0. The first-order chi connectivity index (χ1) is 14.1. The van der Waals surface area contributed by atoms with Gasteiger partial charge in [0.15, 0.2) is 0 Å². The van der Waals surface area contributed by atoms with Crippen LogP contribution in [0, 0.1) is 11.7 Å². The van der Waals surface area contributed by atoms with Gasteiger partial charge in [-0.3, -0.25) is 4.79 Å². The van der Waals surface area contributed by atoms with E-state index >= 15 is 0 Å². The Bertz CT molecular complexity index is 975. The Hall–Kier alpha value is -2.70. The third kappa shape index (κ3) is 5.07. The van der Waals surface area contributed by atoms with Crippen molar-refractivity contribution < 1.29 is 9.18 Å². The minimum atomic E-state index is -0.293. The van der Waals surface area contributed by atoms with Crippen LogP contribution in [0.25, 0.3) is 16.9 Å². The number of nitrogens with one attached hydrogen (secondary N) is 1. The number of rotatable bonds is 6. The van der Waals surface area contributed by atoms with E-state index in [0.717, 1.165) is 41.8 Å². The summed E-state index contributed by atoms with van der Waals surface area (Å²) < 4.78 is 15.1. The van der Waals surface area contributed by atoms with Crippen molar-refractivity contribution in [2.75, 3.05) is 0 Å². The van der Waals surface area contributed by atoms with Gasteiger partial charge in [0.25, 0.3) is 0 Å². The third-order valence-corrected chi connectivity index (χ3v) is 5.57. The summed E-state index contributed by atoms with van der Waals surface area (Å²) in [6, 6.07) is 16.1. The van der Waals surface area contributed by atoms with Gasteiger partial charge in [-0.15, -0.1) is 12.4 Å². The summed E-state index contributed by atoms with van der Waals surface area (Å²) in [6.45, 7) is 0.361.